The lowest BCUT2D eigenvalue weighted by molar-refractivity contribution is -0.192. The minimum absolute atomic E-state index is 0.0833. The fraction of sp³-hybridized carbons (Fsp3) is 0.480. The summed E-state index contributed by atoms with van der Waals surface area (Å²) in [5.74, 6) is 0.0303. The van der Waals surface area contributed by atoms with Crippen LogP contribution in [0.4, 0.5) is 0 Å². The van der Waals surface area contributed by atoms with E-state index in [1.165, 1.54) is 5.56 Å². The van der Waals surface area contributed by atoms with E-state index in [1.54, 1.807) is 12.1 Å². The minimum Gasteiger partial charge on any atom is -0.489 e. The number of fused-ring (bicyclic) bond motifs is 3. The average molecular weight is 445 g/mol. The molecule has 2 aromatic carbocycles. The Morgan fingerprint density at radius 3 is 2.68 bits per heavy atom. The van der Waals surface area contributed by atoms with E-state index in [-0.39, 0.29) is 18.6 Å². The summed E-state index contributed by atoms with van der Waals surface area (Å²) in [6.45, 7) is 8.43. The maximum absolute atomic E-state index is 12.1. The molecule has 1 fully saturated rings. The topological polar surface area (TPSA) is 65.0 Å². The Morgan fingerprint density at radius 2 is 2.00 bits per heavy atom. The summed E-state index contributed by atoms with van der Waals surface area (Å²) < 4.78 is 18.7. The van der Waals surface area contributed by atoms with E-state index in [0.717, 1.165) is 11.3 Å². The number of para-hydroxylation sites is 1. The Kier molecular flexibility index (Phi) is 5.93. The molecule has 2 aliphatic rings. The van der Waals surface area contributed by atoms with Gasteiger partial charge >= 0.3 is 5.97 Å². The van der Waals surface area contributed by atoms with Crippen LogP contribution in [-0.4, -0.2) is 29.4 Å². The maximum Gasteiger partial charge on any atom is 0.309 e. The molecule has 2 heterocycles. The van der Waals surface area contributed by atoms with E-state index in [4.69, 9.17) is 25.8 Å². The van der Waals surface area contributed by atoms with E-state index in [0.29, 0.717) is 23.1 Å². The van der Waals surface area contributed by atoms with Gasteiger partial charge in [0.1, 0.15) is 29.8 Å². The third-order valence-electron chi connectivity index (χ3n) is 6.47. The maximum atomic E-state index is 12.1. The van der Waals surface area contributed by atoms with E-state index < -0.39 is 23.6 Å². The number of halogens is 1. The highest BCUT2D eigenvalue weighted by Gasteiger charge is 2.52. The normalized spacial score (nSPS) is 26.5. The van der Waals surface area contributed by atoms with Crippen LogP contribution in [0.2, 0.25) is 5.02 Å². The Balaban J connectivity index is 1.66. The summed E-state index contributed by atoms with van der Waals surface area (Å²) in [5, 5.41) is 10.4. The Bertz CT molecular complexity index is 970. The van der Waals surface area contributed by atoms with Gasteiger partial charge in [0.15, 0.2) is 0 Å². The van der Waals surface area contributed by atoms with Crippen molar-refractivity contribution in [3.8, 4) is 11.5 Å². The van der Waals surface area contributed by atoms with Crippen LogP contribution in [0.3, 0.4) is 0 Å². The van der Waals surface area contributed by atoms with Crippen molar-refractivity contribution >= 4 is 17.6 Å². The van der Waals surface area contributed by atoms with Gasteiger partial charge in [-0.05, 0) is 56.0 Å². The first-order chi connectivity index (χ1) is 14.7. The van der Waals surface area contributed by atoms with Crippen LogP contribution in [0, 0.1) is 11.8 Å². The molecule has 0 unspecified atom stereocenters. The molecule has 4 atom stereocenters. The van der Waals surface area contributed by atoms with Crippen molar-refractivity contribution in [3.63, 3.8) is 0 Å². The highest BCUT2D eigenvalue weighted by atomic mass is 35.5. The van der Waals surface area contributed by atoms with Crippen LogP contribution in [0.5, 0.6) is 11.5 Å². The number of rotatable bonds is 5. The molecule has 5 nitrogen and oxygen atoms in total. The fourth-order valence-electron chi connectivity index (χ4n) is 4.61. The molecule has 166 valence electrons. The number of carboxylic acid groups (broad SMARTS) is 1. The lowest BCUT2D eigenvalue weighted by atomic mass is 9.71. The smallest absolute Gasteiger partial charge is 0.309 e. The zero-order valence-corrected chi connectivity index (χ0v) is 19.1. The van der Waals surface area contributed by atoms with Crippen LogP contribution in [0.15, 0.2) is 42.5 Å². The molecule has 0 saturated carbocycles. The Hall–Kier alpha value is -2.24. The van der Waals surface area contributed by atoms with Crippen molar-refractivity contribution in [2.75, 3.05) is 6.61 Å². The average Bonchev–Trinajstić information content (AvgIpc) is 2.72. The monoisotopic (exact) mass is 444 g/mol. The first kappa shape index (κ1) is 22.0. The SMILES string of the molecule is CC(C)c1ccc2c(c1)[C@H]1O[C@@H](COc3ccccc3Cl)[C@@H](C(=O)O)C[C@@H]1C(C)(C)O2. The second kappa shape index (κ2) is 8.36. The van der Waals surface area contributed by atoms with Gasteiger partial charge in [0.05, 0.1) is 17.0 Å². The number of ether oxygens (including phenoxy) is 3. The molecule has 1 saturated heterocycles. The molecule has 6 heteroatoms. The minimum atomic E-state index is -0.885. The number of carbonyl (C=O) groups is 1. The second-order valence-electron chi connectivity index (χ2n) is 9.28. The molecular formula is C25H29ClO5. The van der Waals surface area contributed by atoms with Gasteiger partial charge in [0.25, 0.3) is 0 Å². The summed E-state index contributed by atoms with van der Waals surface area (Å²) in [4.78, 5) is 12.1. The molecule has 2 aromatic rings. The quantitative estimate of drug-likeness (QED) is 0.625. The predicted molar refractivity (Wildman–Crippen MR) is 119 cm³/mol. The molecule has 0 bridgehead atoms. The number of benzene rings is 2. The van der Waals surface area contributed by atoms with Crippen molar-refractivity contribution in [2.24, 2.45) is 11.8 Å². The molecule has 0 aromatic heterocycles. The molecule has 0 aliphatic carbocycles. The van der Waals surface area contributed by atoms with E-state index in [9.17, 15) is 9.90 Å². The summed E-state index contributed by atoms with van der Waals surface area (Å²) in [6.07, 6.45) is -0.401. The first-order valence-electron chi connectivity index (χ1n) is 10.8. The van der Waals surface area contributed by atoms with Crippen LogP contribution >= 0.6 is 11.6 Å². The number of hydrogen-bond donors (Lipinski definition) is 1. The zero-order valence-electron chi connectivity index (χ0n) is 18.3. The van der Waals surface area contributed by atoms with Crippen molar-refractivity contribution in [3.05, 3.63) is 58.6 Å². The molecule has 0 radical (unpaired) electrons. The molecule has 1 N–H and O–H groups in total. The molecule has 0 spiro atoms. The number of carboxylic acids is 1. The molecular weight excluding hydrogens is 416 g/mol. The van der Waals surface area contributed by atoms with Crippen molar-refractivity contribution in [2.45, 2.75) is 57.8 Å². The van der Waals surface area contributed by atoms with E-state index in [1.807, 2.05) is 32.0 Å². The Labute approximate surface area is 188 Å². The third-order valence-corrected chi connectivity index (χ3v) is 6.79. The van der Waals surface area contributed by atoms with Gasteiger partial charge in [-0.3, -0.25) is 4.79 Å². The molecule has 0 amide bonds. The van der Waals surface area contributed by atoms with Gasteiger partial charge in [-0.1, -0.05) is 43.6 Å². The lowest BCUT2D eigenvalue weighted by Gasteiger charge is -2.50. The standard InChI is InChI=1S/C25H29ClO5/c1-14(2)15-9-10-20-16(11-15)23-18(25(3,4)31-20)12-17(24(27)28)22(30-23)13-29-21-8-6-5-7-19(21)26/h5-11,14,17-18,22-23H,12-13H2,1-4H3,(H,27,28)/t17-,18-,22-,23+/m0/s1. The van der Waals surface area contributed by atoms with E-state index >= 15 is 0 Å². The van der Waals surface area contributed by atoms with Crippen LogP contribution in [0.1, 0.15) is 57.3 Å². The third kappa shape index (κ3) is 4.26. The van der Waals surface area contributed by atoms with Gasteiger partial charge in [-0.25, -0.2) is 0 Å². The number of aliphatic carboxylic acids is 1. The van der Waals surface area contributed by atoms with Crippen molar-refractivity contribution in [1.29, 1.82) is 0 Å². The van der Waals surface area contributed by atoms with Gasteiger partial charge in [0.2, 0.25) is 0 Å². The fourth-order valence-corrected chi connectivity index (χ4v) is 4.81. The van der Waals surface area contributed by atoms with Gasteiger partial charge in [-0.15, -0.1) is 0 Å². The summed E-state index contributed by atoms with van der Waals surface area (Å²) >= 11 is 6.20. The number of hydrogen-bond acceptors (Lipinski definition) is 4. The van der Waals surface area contributed by atoms with Gasteiger partial charge in [-0.2, -0.15) is 0 Å². The van der Waals surface area contributed by atoms with Crippen molar-refractivity contribution < 1.29 is 24.1 Å². The largest absolute Gasteiger partial charge is 0.489 e. The second-order valence-corrected chi connectivity index (χ2v) is 9.69. The predicted octanol–water partition coefficient (Wildman–Crippen LogP) is 5.86. The van der Waals surface area contributed by atoms with Crippen LogP contribution < -0.4 is 9.47 Å². The summed E-state index contributed by atoms with van der Waals surface area (Å²) in [6, 6.07) is 13.4. The highest BCUT2D eigenvalue weighted by Crippen LogP contribution is 2.52. The molecule has 31 heavy (non-hydrogen) atoms. The lowest BCUT2D eigenvalue weighted by Crippen LogP contribution is -2.53. The summed E-state index contributed by atoms with van der Waals surface area (Å²) in [7, 11) is 0. The Morgan fingerprint density at radius 1 is 1.26 bits per heavy atom. The molecule has 4 rings (SSSR count). The highest BCUT2D eigenvalue weighted by molar-refractivity contribution is 6.32. The first-order valence-corrected chi connectivity index (χ1v) is 11.1. The van der Waals surface area contributed by atoms with Gasteiger partial charge in [0, 0.05) is 11.5 Å². The zero-order chi connectivity index (χ0) is 22.3. The van der Waals surface area contributed by atoms with Crippen LogP contribution in [-0.2, 0) is 9.53 Å². The van der Waals surface area contributed by atoms with E-state index in [2.05, 4.69) is 26.0 Å². The van der Waals surface area contributed by atoms with Crippen LogP contribution in [0.25, 0.3) is 0 Å². The summed E-state index contributed by atoms with van der Waals surface area (Å²) in [5.41, 5.74) is 1.65. The molecule has 2 aliphatic heterocycles. The van der Waals surface area contributed by atoms with Gasteiger partial charge < -0.3 is 19.3 Å². The van der Waals surface area contributed by atoms with Crippen molar-refractivity contribution in [1.82, 2.24) is 0 Å².